The van der Waals surface area contributed by atoms with E-state index in [9.17, 15) is 18.8 Å². The van der Waals surface area contributed by atoms with Gasteiger partial charge in [0.05, 0.1) is 13.2 Å². The van der Waals surface area contributed by atoms with E-state index < -0.39 is 11.8 Å². The number of hydrogen-bond donors (Lipinski definition) is 2. The third-order valence-corrected chi connectivity index (χ3v) is 5.22. The number of hydrogen-bond acceptors (Lipinski definition) is 4. The number of unbranched alkanes of at least 4 members (excludes halogenated alkanes) is 1. The van der Waals surface area contributed by atoms with E-state index >= 15 is 0 Å². The lowest BCUT2D eigenvalue weighted by Gasteiger charge is -2.33. The van der Waals surface area contributed by atoms with Gasteiger partial charge in [0.15, 0.2) is 0 Å². The summed E-state index contributed by atoms with van der Waals surface area (Å²) < 4.78 is 18.6. The molecule has 0 atom stereocenters. The van der Waals surface area contributed by atoms with Crippen molar-refractivity contribution in [2.45, 2.75) is 26.3 Å². The first-order chi connectivity index (χ1) is 15.9. The number of carbonyl (C=O) groups excluding carboxylic acids is 3. The number of urea groups is 1. The van der Waals surface area contributed by atoms with Crippen molar-refractivity contribution in [3.63, 3.8) is 0 Å². The van der Waals surface area contributed by atoms with Gasteiger partial charge in [-0.1, -0.05) is 25.5 Å². The minimum absolute atomic E-state index is 0.0650. The molecule has 2 aromatic carbocycles. The number of carbonyl (C=O) groups is 3. The predicted molar refractivity (Wildman–Crippen MR) is 122 cm³/mol. The molecule has 0 unspecified atom stereocenters. The molecule has 1 aliphatic heterocycles. The highest BCUT2D eigenvalue weighted by Crippen LogP contribution is 2.13. The molecule has 4 amide bonds. The maximum atomic E-state index is 13.0. The second kappa shape index (κ2) is 11.8. The molecule has 1 heterocycles. The molecular weight excluding hydrogens is 427 g/mol. The zero-order chi connectivity index (χ0) is 23.6. The molecule has 1 saturated heterocycles. The molecule has 2 N–H and O–H groups in total. The number of halogens is 1. The number of ether oxygens (including phenoxy) is 1. The van der Waals surface area contributed by atoms with Crippen LogP contribution < -0.4 is 15.4 Å². The molecule has 3 rings (SSSR count). The summed E-state index contributed by atoms with van der Waals surface area (Å²) in [5, 5.41) is 5.45. The van der Waals surface area contributed by atoms with Crippen molar-refractivity contribution in [1.82, 2.24) is 15.1 Å². The fraction of sp³-hybridized carbons (Fsp3) is 0.375. The van der Waals surface area contributed by atoms with Crippen molar-refractivity contribution < 1.29 is 23.5 Å². The lowest BCUT2D eigenvalue weighted by Crippen LogP contribution is -2.55. The summed E-state index contributed by atoms with van der Waals surface area (Å²) in [6, 6.07) is 12.5. The summed E-state index contributed by atoms with van der Waals surface area (Å²) >= 11 is 0. The van der Waals surface area contributed by atoms with Gasteiger partial charge in [-0.25, -0.2) is 9.18 Å². The van der Waals surface area contributed by atoms with Crippen LogP contribution in [0.25, 0.3) is 0 Å². The standard InChI is InChI=1S/C24H29FN4O4/c1-2-3-14-33-21-10-4-18(5-11-21)15-26-22(30)16-28-12-13-29(17-23(28)31)24(32)27-20-8-6-19(25)7-9-20/h4-11H,2-3,12-17H2,1H3,(H,26,30)(H,27,32). The zero-order valence-corrected chi connectivity index (χ0v) is 18.7. The topological polar surface area (TPSA) is 91.0 Å². The second-order valence-corrected chi connectivity index (χ2v) is 7.80. The quantitative estimate of drug-likeness (QED) is 0.568. The van der Waals surface area contributed by atoms with E-state index in [0.29, 0.717) is 25.4 Å². The van der Waals surface area contributed by atoms with Gasteiger partial charge in [0.1, 0.15) is 18.1 Å². The van der Waals surface area contributed by atoms with Crippen LogP contribution >= 0.6 is 0 Å². The molecular formula is C24H29FN4O4. The van der Waals surface area contributed by atoms with Gasteiger partial charge >= 0.3 is 6.03 Å². The van der Waals surface area contributed by atoms with Crippen LogP contribution in [0.15, 0.2) is 48.5 Å². The molecule has 1 aliphatic rings. The smallest absolute Gasteiger partial charge is 0.322 e. The van der Waals surface area contributed by atoms with Gasteiger partial charge in [-0.2, -0.15) is 0 Å². The third-order valence-electron chi connectivity index (χ3n) is 5.22. The first-order valence-corrected chi connectivity index (χ1v) is 11.0. The maximum absolute atomic E-state index is 13.0. The van der Waals surface area contributed by atoms with Gasteiger partial charge in [0.2, 0.25) is 11.8 Å². The fourth-order valence-electron chi connectivity index (χ4n) is 3.25. The number of nitrogens with one attached hydrogen (secondary N) is 2. The van der Waals surface area contributed by atoms with E-state index in [0.717, 1.165) is 24.2 Å². The second-order valence-electron chi connectivity index (χ2n) is 7.80. The number of rotatable bonds is 9. The van der Waals surface area contributed by atoms with Crippen molar-refractivity contribution in [3.8, 4) is 5.75 Å². The van der Waals surface area contributed by atoms with Crippen LogP contribution in [0.3, 0.4) is 0 Å². The van der Waals surface area contributed by atoms with E-state index in [-0.39, 0.29) is 31.4 Å². The van der Waals surface area contributed by atoms with Gasteiger partial charge < -0.3 is 25.2 Å². The van der Waals surface area contributed by atoms with Crippen LogP contribution in [-0.4, -0.2) is 60.4 Å². The Morgan fingerprint density at radius 3 is 2.45 bits per heavy atom. The van der Waals surface area contributed by atoms with E-state index in [1.165, 1.54) is 34.1 Å². The highest BCUT2D eigenvalue weighted by atomic mass is 19.1. The summed E-state index contributed by atoms with van der Waals surface area (Å²) in [6.45, 7) is 3.50. The molecule has 9 heteroatoms. The minimum atomic E-state index is -0.443. The Morgan fingerprint density at radius 1 is 1.06 bits per heavy atom. The van der Waals surface area contributed by atoms with Crippen LogP contribution in [0.4, 0.5) is 14.9 Å². The van der Waals surface area contributed by atoms with Crippen LogP contribution in [0.1, 0.15) is 25.3 Å². The third kappa shape index (κ3) is 7.48. The zero-order valence-electron chi connectivity index (χ0n) is 18.7. The summed E-state index contributed by atoms with van der Waals surface area (Å²) in [6.07, 6.45) is 2.08. The Kier molecular flexibility index (Phi) is 8.63. The van der Waals surface area contributed by atoms with Crippen LogP contribution in [-0.2, 0) is 16.1 Å². The van der Waals surface area contributed by atoms with Crippen molar-refractivity contribution in [3.05, 3.63) is 59.9 Å². The van der Waals surface area contributed by atoms with Crippen molar-refractivity contribution in [2.75, 3.05) is 38.1 Å². The predicted octanol–water partition coefficient (Wildman–Crippen LogP) is 3.00. The van der Waals surface area contributed by atoms with Crippen LogP contribution in [0, 0.1) is 5.82 Å². The van der Waals surface area contributed by atoms with Gasteiger partial charge in [0, 0.05) is 25.3 Å². The van der Waals surface area contributed by atoms with Gasteiger partial charge in [-0.3, -0.25) is 9.59 Å². The number of anilines is 1. The highest BCUT2D eigenvalue weighted by Gasteiger charge is 2.28. The molecule has 0 spiro atoms. The molecule has 0 bridgehead atoms. The first-order valence-electron chi connectivity index (χ1n) is 11.0. The summed E-state index contributed by atoms with van der Waals surface area (Å²) in [5.41, 5.74) is 1.37. The lowest BCUT2D eigenvalue weighted by molar-refractivity contribution is -0.139. The average Bonchev–Trinajstić information content (AvgIpc) is 2.81. The number of amides is 4. The van der Waals surface area contributed by atoms with Gasteiger partial charge in [-0.15, -0.1) is 0 Å². The van der Waals surface area contributed by atoms with Gasteiger partial charge in [0.25, 0.3) is 0 Å². The molecule has 1 fully saturated rings. The van der Waals surface area contributed by atoms with E-state index in [4.69, 9.17) is 4.74 Å². The van der Waals surface area contributed by atoms with Crippen molar-refractivity contribution >= 4 is 23.5 Å². The van der Waals surface area contributed by atoms with E-state index in [1.54, 1.807) is 0 Å². The Morgan fingerprint density at radius 2 is 1.79 bits per heavy atom. The molecule has 176 valence electrons. The summed E-state index contributed by atoms with van der Waals surface area (Å²) in [4.78, 5) is 39.9. The first kappa shape index (κ1) is 24.0. The largest absolute Gasteiger partial charge is 0.494 e. The normalized spacial score (nSPS) is 13.6. The minimum Gasteiger partial charge on any atom is -0.494 e. The van der Waals surface area contributed by atoms with Crippen molar-refractivity contribution in [1.29, 1.82) is 0 Å². The Hall–Kier alpha value is -3.62. The fourth-order valence-corrected chi connectivity index (χ4v) is 3.25. The Labute approximate surface area is 192 Å². The summed E-state index contributed by atoms with van der Waals surface area (Å²) in [7, 11) is 0. The van der Waals surface area contributed by atoms with Crippen LogP contribution in [0.5, 0.6) is 5.75 Å². The molecule has 0 aromatic heterocycles. The number of nitrogens with zero attached hydrogens (tertiary/aromatic N) is 2. The van der Waals surface area contributed by atoms with Gasteiger partial charge in [-0.05, 0) is 48.4 Å². The molecule has 0 radical (unpaired) electrons. The molecule has 0 saturated carbocycles. The Balaban J connectivity index is 1.39. The number of benzene rings is 2. The molecule has 8 nitrogen and oxygen atoms in total. The SMILES string of the molecule is CCCCOc1ccc(CNC(=O)CN2CCN(C(=O)Nc3ccc(F)cc3)CC2=O)cc1. The molecule has 33 heavy (non-hydrogen) atoms. The van der Waals surface area contributed by atoms with Crippen molar-refractivity contribution in [2.24, 2.45) is 0 Å². The lowest BCUT2D eigenvalue weighted by atomic mass is 10.2. The van der Waals surface area contributed by atoms with Crippen LogP contribution in [0.2, 0.25) is 0 Å². The number of piperazine rings is 1. The Bertz CT molecular complexity index is 950. The van der Waals surface area contributed by atoms with E-state index in [2.05, 4.69) is 17.6 Å². The molecule has 2 aromatic rings. The average molecular weight is 457 g/mol. The monoisotopic (exact) mass is 456 g/mol. The van der Waals surface area contributed by atoms with E-state index in [1.807, 2.05) is 24.3 Å². The summed E-state index contributed by atoms with van der Waals surface area (Å²) in [5.74, 6) is -0.177. The molecule has 0 aliphatic carbocycles. The maximum Gasteiger partial charge on any atom is 0.322 e. The highest BCUT2D eigenvalue weighted by molar-refractivity contribution is 5.94.